The molecule has 8 nitrogen and oxygen atoms in total. The quantitative estimate of drug-likeness (QED) is 0.134. The Bertz CT molecular complexity index is 1490. The van der Waals surface area contributed by atoms with Crippen LogP contribution in [0.15, 0.2) is 54.7 Å². The van der Waals surface area contributed by atoms with Gasteiger partial charge in [0, 0.05) is 31.0 Å². The molecular weight excluding hydrogens is 546 g/mol. The van der Waals surface area contributed by atoms with E-state index in [1.165, 1.54) is 25.4 Å². The molecule has 1 aliphatic rings. The molecule has 0 unspecified atom stereocenters. The van der Waals surface area contributed by atoms with E-state index in [0.29, 0.717) is 41.6 Å². The van der Waals surface area contributed by atoms with Gasteiger partial charge in [-0.1, -0.05) is 30.3 Å². The highest BCUT2D eigenvalue weighted by molar-refractivity contribution is 5.88. The topological polar surface area (TPSA) is 76.9 Å². The van der Waals surface area contributed by atoms with E-state index in [-0.39, 0.29) is 41.4 Å². The Morgan fingerprint density at radius 2 is 1.71 bits per heavy atom. The van der Waals surface area contributed by atoms with Crippen LogP contribution in [-0.2, 0) is 16.1 Å². The second-order valence-corrected chi connectivity index (χ2v) is 10.1. The van der Waals surface area contributed by atoms with Gasteiger partial charge in [0.25, 0.3) is 0 Å². The maximum Gasteiger partial charge on any atom is 0.387 e. The molecule has 0 radical (unpaired) electrons. The van der Waals surface area contributed by atoms with Gasteiger partial charge in [0.1, 0.15) is 11.5 Å². The van der Waals surface area contributed by atoms with Crippen LogP contribution in [0.3, 0.4) is 0 Å². The van der Waals surface area contributed by atoms with E-state index in [2.05, 4.69) is 14.9 Å². The first kappa shape index (κ1) is 28.6. The summed E-state index contributed by atoms with van der Waals surface area (Å²) in [5.74, 6) is -0.0198. The minimum Gasteiger partial charge on any atom is -0.467 e. The van der Waals surface area contributed by atoms with Gasteiger partial charge in [-0.3, -0.25) is 0 Å². The largest absolute Gasteiger partial charge is 0.467 e. The molecule has 0 atom stereocenters. The van der Waals surface area contributed by atoms with E-state index in [4.69, 9.17) is 18.9 Å². The first-order valence-electron chi connectivity index (χ1n) is 12.9. The number of nitrogens with zero attached hydrogens (tertiary/aromatic N) is 3. The van der Waals surface area contributed by atoms with Gasteiger partial charge in [-0.05, 0) is 49.9 Å². The fraction of sp³-hybridized carbons (Fsp3) is 0.379. The highest BCUT2D eigenvalue weighted by atomic mass is 19.3. The summed E-state index contributed by atoms with van der Waals surface area (Å²) < 4.78 is 80.4. The van der Waals surface area contributed by atoms with Crippen LogP contribution in [0.5, 0.6) is 17.2 Å². The number of aromatic nitrogens is 3. The van der Waals surface area contributed by atoms with Gasteiger partial charge in [-0.2, -0.15) is 17.6 Å². The summed E-state index contributed by atoms with van der Waals surface area (Å²) in [5, 5.41) is 9.04. The van der Waals surface area contributed by atoms with E-state index < -0.39 is 13.2 Å². The SMILES string of the molecule is COCOc1cc(OC(F)F)cc(C)c1-c1cc2c(OC(F)F)cn(C3CC(C)(OCc4ccccc4)C3)c2nn1. The Morgan fingerprint density at radius 1 is 0.976 bits per heavy atom. The molecule has 1 aliphatic carbocycles. The highest BCUT2D eigenvalue weighted by Crippen LogP contribution is 2.47. The van der Waals surface area contributed by atoms with Crippen molar-refractivity contribution in [2.24, 2.45) is 0 Å². The molecule has 0 saturated heterocycles. The maximum atomic E-state index is 13.4. The van der Waals surface area contributed by atoms with Crippen molar-refractivity contribution < 1.29 is 41.2 Å². The zero-order valence-corrected chi connectivity index (χ0v) is 22.7. The van der Waals surface area contributed by atoms with Crippen molar-refractivity contribution in [3.63, 3.8) is 0 Å². The molecule has 218 valence electrons. The molecule has 5 rings (SSSR count). The van der Waals surface area contributed by atoms with Crippen LogP contribution in [-0.4, -0.2) is 47.5 Å². The summed E-state index contributed by atoms with van der Waals surface area (Å²) in [5.41, 5.74) is 2.22. The van der Waals surface area contributed by atoms with Crippen LogP contribution in [0.2, 0.25) is 0 Å². The van der Waals surface area contributed by atoms with E-state index in [1.807, 2.05) is 37.3 Å². The third-order valence-corrected chi connectivity index (χ3v) is 7.00. The number of alkyl halides is 4. The molecule has 0 amide bonds. The minimum atomic E-state index is -3.06. The molecule has 2 aromatic heterocycles. The average molecular weight is 576 g/mol. The Hall–Kier alpha value is -3.90. The van der Waals surface area contributed by atoms with E-state index in [9.17, 15) is 17.6 Å². The number of hydrogen-bond donors (Lipinski definition) is 0. The highest BCUT2D eigenvalue weighted by Gasteiger charge is 2.43. The zero-order valence-electron chi connectivity index (χ0n) is 22.7. The normalized spacial score (nSPS) is 18.6. The van der Waals surface area contributed by atoms with Crippen molar-refractivity contribution in [3.05, 3.63) is 65.9 Å². The minimum absolute atomic E-state index is 0.0559. The lowest BCUT2D eigenvalue weighted by Gasteiger charge is -2.45. The molecule has 0 spiro atoms. The van der Waals surface area contributed by atoms with Gasteiger partial charge < -0.3 is 28.3 Å². The van der Waals surface area contributed by atoms with Gasteiger partial charge in [-0.25, -0.2) is 0 Å². The molecule has 2 aromatic carbocycles. The van der Waals surface area contributed by atoms with E-state index in [0.717, 1.165) is 5.56 Å². The predicted octanol–water partition coefficient (Wildman–Crippen LogP) is 6.90. The fourth-order valence-corrected chi connectivity index (χ4v) is 5.15. The summed E-state index contributed by atoms with van der Waals surface area (Å²) in [6.45, 7) is -2.12. The van der Waals surface area contributed by atoms with E-state index >= 15 is 0 Å². The molecule has 0 aliphatic heterocycles. The molecule has 12 heteroatoms. The lowest BCUT2D eigenvalue weighted by molar-refractivity contribution is -0.119. The number of methoxy groups -OCH3 is 1. The molecule has 41 heavy (non-hydrogen) atoms. The Labute approximate surface area is 233 Å². The number of aryl methyl sites for hydroxylation is 1. The van der Waals surface area contributed by atoms with Gasteiger partial charge in [0.15, 0.2) is 18.2 Å². The van der Waals surface area contributed by atoms with Crippen LogP contribution in [0.25, 0.3) is 22.3 Å². The number of halogens is 4. The van der Waals surface area contributed by atoms with E-state index in [1.54, 1.807) is 17.6 Å². The Balaban J connectivity index is 1.46. The Morgan fingerprint density at radius 3 is 2.39 bits per heavy atom. The lowest BCUT2D eigenvalue weighted by atomic mass is 9.76. The van der Waals surface area contributed by atoms with Crippen LogP contribution >= 0.6 is 0 Å². The van der Waals surface area contributed by atoms with Crippen molar-refractivity contribution in [2.75, 3.05) is 13.9 Å². The molecule has 1 fully saturated rings. The number of fused-ring (bicyclic) bond motifs is 1. The molecule has 2 heterocycles. The first-order valence-corrected chi connectivity index (χ1v) is 12.9. The second kappa shape index (κ2) is 11.9. The van der Waals surface area contributed by atoms with Gasteiger partial charge in [-0.15, -0.1) is 10.2 Å². The summed E-state index contributed by atoms with van der Waals surface area (Å²) in [4.78, 5) is 0. The summed E-state index contributed by atoms with van der Waals surface area (Å²) in [7, 11) is 1.41. The number of rotatable bonds is 12. The molecule has 4 aromatic rings. The van der Waals surface area contributed by atoms with Crippen molar-refractivity contribution in [1.82, 2.24) is 14.8 Å². The van der Waals surface area contributed by atoms with Crippen LogP contribution in [0, 0.1) is 6.92 Å². The Kier molecular flexibility index (Phi) is 8.32. The summed E-state index contributed by atoms with van der Waals surface area (Å²) in [6, 6.07) is 14.0. The smallest absolute Gasteiger partial charge is 0.387 e. The predicted molar refractivity (Wildman–Crippen MR) is 141 cm³/mol. The maximum absolute atomic E-state index is 13.4. The summed E-state index contributed by atoms with van der Waals surface area (Å²) >= 11 is 0. The van der Waals surface area contributed by atoms with Crippen molar-refractivity contribution in [1.29, 1.82) is 0 Å². The number of ether oxygens (including phenoxy) is 5. The van der Waals surface area contributed by atoms with Gasteiger partial charge in [0.05, 0.1) is 23.3 Å². The molecule has 1 saturated carbocycles. The lowest BCUT2D eigenvalue weighted by Crippen LogP contribution is -2.44. The van der Waals surface area contributed by atoms with Crippen LogP contribution in [0.1, 0.15) is 36.9 Å². The van der Waals surface area contributed by atoms with Crippen molar-refractivity contribution >= 4 is 11.0 Å². The number of benzene rings is 2. The van der Waals surface area contributed by atoms with Crippen LogP contribution < -0.4 is 14.2 Å². The van der Waals surface area contributed by atoms with Gasteiger partial charge >= 0.3 is 13.2 Å². The molecular formula is C29H29F4N3O5. The number of hydrogen-bond acceptors (Lipinski definition) is 7. The third kappa shape index (κ3) is 6.38. The first-order chi connectivity index (χ1) is 19.7. The average Bonchev–Trinajstić information content (AvgIpc) is 3.25. The van der Waals surface area contributed by atoms with Crippen molar-refractivity contribution in [3.8, 4) is 28.5 Å². The standard InChI is InChI=1S/C29H29F4N3O5/c1-17-9-20(40-27(30)31)10-23(38-16-37-3)25(17)22-11-21-24(41-28(32)33)14-36(26(21)35-34-22)19-12-29(2,13-19)39-15-18-7-5-4-6-8-18/h4-11,14,19,27-28H,12-13,15-16H2,1-3H3. The molecule has 0 bridgehead atoms. The fourth-order valence-electron chi connectivity index (χ4n) is 5.15. The monoisotopic (exact) mass is 575 g/mol. The van der Waals surface area contributed by atoms with Crippen molar-refractivity contribution in [2.45, 2.75) is 58.2 Å². The molecule has 0 N–H and O–H groups in total. The zero-order chi connectivity index (χ0) is 29.1. The third-order valence-electron chi connectivity index (χ3n) is 7.00. The second-order valence-electron chi connectivity index (χ2n) is 10.1. The van der Waals surface area contributed by atoms with Crippen LogP contribution in [0.4, 0.5) is 17.6 Å². The van der Waals surface area contributed by atoms with Gasteiger partial charge in [0.2, 0.25) is 0 Å². The summed E-state index contributed by atoms with van der Waals surface area (Å²) in [6.07, 6.45) is 2.78.